The fourth-order valence-electron chi connectivity index (χ4n) is 7.18. The van der Waals surface area contributed by atoms with Crippen LogP contribution in [0.1, 0.15) is 122 Å². The molecule has 2 aromatic heterocycles. The lowest BCUT2D eigenvalue weighted by atomic mass is 9.95. The molecule has 2 saturated heterocycles. The molecule has 0 radical (unpaired) electrons. The molecule has 1 aliphatic carbocycles. The average Bonchev–Trinajstić information content (AvgIpc) is 3.61. The van der Waals surface area contributed by atoms with Crippen LogP contribution < -0.4 is 5.32 Å². The molecular weight excluding hydrogens is 466 g/mol. The Kier molecular flexibility index (Phi) is 7.60. The van der Waals surface area contributed by atoms with Gasteiger partial charge in [-0.15, -0.1) is 21.5 Å². The number of nitrogens with zero attached hydrogens (tertiary/aromatic N) is 4. The molecule has 1 N–H and O–H groups in total. The molecule has 2 aliphatic heterocycles. The Morgan fingerprint density at radius 3 is 2.22 bits per heavy atom. The molecule has 1 saturated carbocycles. The zero-order valence-corrected chi connectivity index (χ0v) is 24.0. The monoisotopic (exact) mass is 511 g/mol. The maximum Gasteiger partial charge on any atom is 0.223 e. The van der Waals surface area contributed by atoms with E-state index in [1.807, 2.05) is 11.3 Å². The summed E-state index contributed by atoms with van der Waals surface area (Å²) in [7, 11) is 0. The van der Waals surface area contributed by atoms with Crippen molar-refractivity contribution in [2.75, 3.05) is 6.54 Å². The minimum Gasteiger partial charge on any atom is -0.348 e. The smallest absolute Gasteiger partial charge is 0.223 e. The fourth-order valence-corrected chi connectivity index (χ4v) is 8.44. The summed E-state index contributed by atoms with van der Waals surface area (Å²) >= 11 is 1.89. The molecule has 3 fully saturated rings. The van der Waals surface area contributed by atoms with Gasteiger partial charge in [0.2, 0.25) is 5.91 Å². The molecule has 2 bridgehead atoms. The van der Waals surface area contributed by atoms with Crippen molar-refractivity contribution in [3.8, 4) is 0 Å². The number of hydrogen-bond acceptors (Lipinski definition) is 5. The molecule has 4 heterocycles. The number of carbonyl (C=O) groups excluding carboxylic acids is 1. The second kappa shape index (κ2) is 10.6. The Morgan fingerprint density at radius 2 is 1.64 bits per heavy atom. The number of aromatic nitrogens is 3. The van der Waals surface area contributed by atoms with Crippen LogP contribution in [0.15, 0.2) is 0 Å². The highest BCUT2D eigenvalue weighted by Crippen LogP contribution is 2.43. The van der Waals surface area contributed by atoms with E-state index in [9.17, 15) is 4.79 Å². The molecule has 0 aromatic carbocycles. The third kappa shape index (κ3) is 4.90. The van der Waals surface area contributed by atoms with Crippen molar-refractivity contribution in [3.05, 3.63) is 32.5 Å². The molecular formula is C29H45N5OS. The highest BCUT2D eigenvalue weighted by atomic mass is 32.1. The SMILES string of the molecule is Cc1sc([C@H](CCN2C3CCC2CC(n2c(C)nnc2C(C)C)C3)NC(=O)C2CCCC2)c(C)c1C. The van der Waals surface area contributed by atoms with E-state index in [4.69, 9.17) is 0 Å². The minimum absolute atomic E-state index is 0.125. The zero-order valence-electron chi connectivity index (χ0n) is 23.1. The Labute approximate surface area is 221 Å². The van der Waals surface area contributed by atoms with Gasteiger partial charge in [-0.25, -0.2) is 0 Å². The van der Waals surface area contributed by atoms with E-state index in [2.05, 4.69) is 66.5 Å². The molecule has 5 rings (SSSR count). The number of aryl methyl sites for hydroxylation is 2. The van der Waals surface area contributed by atoms with Crippen molar-refractivity contribution in [2.24, 2.45) is 5.92 Å². The number of nitrogens with one attached hydrogen (secondary N) is 1. The lowest BCUT2D eigenvalue weighted by molar-refractivity contribution is -0.125. The van der Waals surface area contributed by atoms with Gasteiger partial charge in [0.1, 0.15) is 11.6 Å². The van der Waals surface area contributed by atoms with Crippen molar-refractivity contribution in [3.63, 3.8) is 0 Å². The Morgan fingerprint density at radius 1 is 0.972 bits per heavy atom. The molecule has 6 nitrogen and oxygen atoms in total. The van der Waals surface area contributed by atoms with Crippen molar-refractivity contribution < 1.29 is 4.79 Å². The van der Waals surface area contributed by atoms with E-state index >= 15 is 0 Å². The lowest BCUT2D eigenvalue weighted by Crippen LogP contribution is -2.45. The number of hydrogen-bond donors (Lipinski definition) is 1. The van der Waals surface area contributed by atoms with Crippen LogP contribution in [0.25, 0.3) is 0 Å². The van der Waals surface area contributed by atoms with Gasteiger partial charge in [0, 0.05) is 46.3 Å². The zero-order chi connectivity index (χ0) is 25.6. The van der Waals surface area contributed by atoms with Gasteiger partial charge in [0.25, 0.3) is 0 Å². The van der Waals surface area contributed by atoms with Crippen molar-refractivity contribution in [1.29, 1.82) is 0 Å². The molecule has 1 amide bonds. The number of fused-ring (bicyclic) bond motifs is 2. The molecule has 3 aliphatic rings. The van der Waals surface area contributed by atoms with Crippen LogP contribution >= 0.6 is 11.3 Å². The number of amides is 1. The third-order valence-electron chi connectivity index (χ3n) is 9.39. The lowest BCUT2D eigenvalue weighted by Gasteiger charge is -2.40. The maximum absolute atomic E-state index is 13.2. The number of thiophene rings is 1. The Balaban J connectivity index is 1.30. The normalized spacial score (nSPS) is 25.7. The summed E-state index contributed by atoms with van der Waals surface area (Å²) in [5, 5.41) is 12.5. The van der Waals surface area contributed by atoms with Gasteiger partial charge in [-0.3, -0.25) is 9.69 Å². The Bertz CT molecular complexity index is 1070. The van der Waals surface area contributed by atoms with E-state index in [1.54, 1.807) is 0 Å². The largest absolute Gasteiger partial charge is 0.348 e. The van der Waals surface area contributed by atoms with Gasteiger partial charge >= 0.3 is 0 Å². The predicted molar refractivity (Wildman–Crippen MR) is 147 cm³/mol. The van der Waals surface area contributed by atoms with Crippen molar-refractivity contribution >= 4 is 17.2 Å². The van der Waals surface area contributed by atoms with Gasteiger partial charge in [-0.1, -0.05) is 26.7 Å². The summed E-state index contributed by atoms with van der Waals surface area (Å²) in [5.41, 5.74) is 2.77. The maximum atomic E-state index is 13.2. The highest BCUT2D eigenvalue weighted by Gasteiger charge is 2.42. The summed E-state index contributed by atoms with van der Waals surface area (Å²) in [6, 6.07) is 1.87. The average molecular weight is 512 g/mol. The molecule has 36 heavy (non-hydrogen) atoms. The van der Waals surface area contributed by atoms with Crippen molar-refractivity contribution in [2.45, 2.75) is 129 Å². The van der Waals surface area contributed by atoms with E-state index in [-0.39, 0.29) is 17.9 Å². The number of carbonyl (C=O) groups is 1. The fraction of sp³-hybridized carbons (Fsp3) is 0.759. The second-order valence-electron chi connectivity index (χ2n) is 12.0. The Hall–Kier alpha value is -1.73. The van der Waals surface area contributed by atoms with Gasteiger partial charge in [-0.05, 0) is 83.8 Å². The van der Waals surface area contributed by atoms with E-state index in [0.717, 1.165) is 37.5 Å². The summed E-state index contributed by atoms with van der Waals surface area (Å²) in [6.07, 6.45) is 10.4. The summed E-state index contributed by atoms with van der Waals surface area (Å²) in [5.74, 6) is 3.09. The molecule has 7 heteroatoms. The molecule has 0 spiro atoms. The highest BCUT2D eigenvalue weighted by molar-refractivity contribution is 7.12. The predicted octanol–water partition coefficient (Wildman–Crippen LogP) is 6.30. The van der Waals surface area contributed by atoms with Crippen molar-refractivity contribution in [1.82, 2.24) is 25.0 Å². The standard InChI is InChI=1S/C29H45N5OS/c1-17(2)28-32-31-21(6)34(28)25-15-23-11-12-24(16-25)33(23)14-13-26(27-19(4)18(3)20(5)36-27)30-29(35)22-9-7-8-10-22/h17,22-26H,7-16H2,1-6H3,(H,30,35)/t23?,24?,25?,26-/m0/s1. The molecule has 198 valence electrons. The number of piperidine rings is 1. The molecule has 2 unspecified atom stereocenters. The van der Waals surface area contributed by atoms with Crippen LogP contribution in [0.3, 0.4) is 0 Å². The minimum atomic E-state index is 0.125. The molecule has 3 atom stereocenters. The van der Waals surface area contributed by atoms with Gasteiger partial charge < -0.3 is 9.88 Å². The van der Waals surface area contributed by atoms with E-state index in [0.29, 0.717) is 24.0 Å². The quantitative estimate of drug-likeness (QED) is 0.452. The van der Waals surface area contributed by atoms with Crippen LogP contribution in [0.5, 0.6) is 0 Å². The van der Waals surface area contributed by atoms with Crippen LogP contribution in [0.4, 0.5) is 0 Å². The second-order valence-corrected chi connectivity index (χ2v) is 13.2. The van der Waals surface area contributed by atoms with Gasteiger partial charge in [-0.2, -0.15) is 0 Å². The first-order valence-electron chi connectivity index (χ1n) is 14.3. The summed E-state index contributed by atoms with van der Waals surface area (Å²) in [4.78, 5) is 18.7. The summed E-state index contributed by atoms with van der Waals surface area (Å²) in [6.45, 7) is 14.3. The van der Waals surface area contributed by atoms with Crippen LogP contribution in [-0.2, 0) is 4.79 Å². The van der Waals surface area contributed by atoms with Crippen LogP contribution in [0.2, 0.25) is 0 Å². The topological polar surface area (TPSA) is 63.1 Å². The van der Waals surface area contributed by atoms with Gasteiger partial charge in [0.05, 0.1) is 6.04 Å². The van der Waals surface area contributed by atoms with Gasteiger partial charge in [0.15, 0.2) is 0 Å². The summed E-state index contributed by atoms with van der Waals surface area (Å²) < 4.78 is 2.44. The molecule has 2 aromatic rings. The number of rotatable bonds is 8. The first kappa shape index (κ1) is 25.9. The first-order chi connectivity index (χ1) is 17.2. The first-order valence-corrected chi connectivity index (χ1v) is 15.1. The third-order valence-corrected chi connectivity index (χ3v) is 10.8. The van der Waals surface area contributed by atoms with E-state index < -0.39 is 0 Å². The van der Waals surface area contributed by atoms with Crippen LogP contribution in [-0.4, -0.2) is 44.2 Å². The van der Waals surface area contributed by atoms with E-state index in [1.165, 1.54) is 59.4 Å². The van der Waals surface area contributed by atoms with Crippen LogP contribution in [0, 0.1) is 33.6 Å².